The van der Waals surface area contributed by atoms with Crippen LogP contribution in [0.15, 0.2) is 53.3 Å². The molecule has 0 unspecified atom stereocenters. The average Bonchev–Trinajstić information content (AvgIpc) is 3.00. The van der Waals surface area contributed by atoms with Crippen LogP contribution in [0.25, 0.3) is 0 Å². The number of nitrogens with one attached hydrogen (secondary N) is 2. The van der Waals surface area contributed by atoms with Crippen molar-refractivity contribution in [1.29, 1.82) is 0 Å². The summed E-state index contributed by atoms with van der Waals surface area (Å²) in [7, 11) is 0. The average molecular weight is 523 g/mol. The predicted octanol–water partition coefficient (Wildman–Crippen LogP) is 4.73. The molecule has 1 amide bonds. The first-order valence-electron chi connectivity index (χ1n) is 9.55. The van der Waals surface area contributed by atoms with E-state index in [1.165, 1.54) is 12.1 Å². The second-order valence-electron chi connectivity index (χ2n) is 7.45. The normalized spacial score (nSPS) is 13.3. The van der Waals surface area contributed by atoms with Crippen LogP contribution < -0.4 is 11.0 Å². The number of carbonyl (C=O) groups is 1. The van der Waals surface area contributed by atoms with Gasteiger partial charge in [-0.25, -0.2) is 13.8 Å². The Morgan fingerprint density at radius 3 is 2.40 bits per heavy atom. The van der Waals surface area contributed by atoms with Crippen molar-refractivity contribution in [2.45, 2.75) is 38.6 Å². The predicted molar refractivity (Wildman–Crippen MR) is 122 cm³/mol. The van der Waals surface area contributed by atoms with Gasteiger partial charge >= 0.3 is 5.69 Å². The monoisotopic (exact) mass is 523 g/mol. The number of hydrogen-bond acceptors (Lipinski definition) is 3. The maximum atomic E-state index is 14.3. The molecule has 2 atom stereocenters. The topological polar surface area (TPSA) is 87.1 Å². The van der Waals surface area contributed by atoms with E-state index in [1.807, 2.05) is 66.8 Å². The summed E-state index contributed by atoms with van der Waals surface area (Å²) in [5, 5.41) is 13.3. The summed E-state index contributed by atoms with van der Waals surface area (Å²) in [6.45, 7) is 5.44. The highest BCUT2D eigenvalue weighted by atomic mass is 127. The number of benzene rings is 2. The number of aromatic amines is 1. The van der Waals surface area contributed by atoms with Crippen molar-refractivity contribution in [3.63, 3.8) is 0 Å². The minimum Gasteiger partial charge on any atom is -0.493 e. The van der Waals surface area contributed by atoms with Crippen LogP contribution in [0, 0.1) is 9.39 Å². The number of aromatic nitrogens is 2. The van der Waals surface area contributed by atoms with Gasteiger partial charge in [0.2, 0.25) is 11.8 Å². The summed E-state index contributed by atoms with van der Waals surface area (Å²) >= 11 is 1.98. The highest BCUT2D eigenvalue weighted by molar-refractivity contribution is 14.1. The van der Waals surface area contributed by atoms with Gasteiger partial charge in [-0.15, -0.1) is 0 Å². The van der Waals surface area contributed by atoms with Gasteiger partial charge in [0, 0.05) is 9.49 Å². The van der Waals surface area contributed by atoms with E-state index >= 15 is 0 Å². The molecule has 158 valence electrons. The molecule has 2 aromatic carbocycles. The Balaban J connectivity index is 2.08. The molecule has 8 heteroatoms. The van der Waals surface area contributed by atoms with Gasteiger partial charge in [0.1, 0.15) is 11.9 Å². The van der Waals surface area contributed by atoms with Crippen molar-refractivity contribution in [3.8, 4) is 5.88 Å². The SMILES string of the molecule is CC(C)c1[nH]c(=O)n([C@H](C(=O)Nc2ccc(I)cc2F)[C@@H](C)c2ccccc2)c1O. The third-order valence-corrected chi connectivity index (χ3v) is 5.71. The number of rotatable bonds is 6. The minimum absolute atomic E-state index is 0.0119. The quantitative estimate of drug-likeness (QED) is 0.409. The van der Waals surface area contributed by atoms with E-state index in [9.17, 15) is 19.1 Å². The number of halogens is 2. The molecular weight excluding hydrogens is 500 g/mol. The second-order valence-corrected chi connectivity index (χ2v) is 8.70. The Hall–Kier alpha value is -2.62. The zero-order valence-corrected chi connectivity index (χ0v) is 19.0. The molecule has 6 nitrogen and oxygen atoms in total. The number of carbonyl (C=O) groups excluding carboxylic acids is 1. The van der Waals surface area contributed by atoms with Gasteiger partial charge in [0.25, 0.3) is 0 Å². The van der Waals surface area contributed by atoms with Crippen LogP contribution in [0.5, 0.6) is 5.88 Å². The summed E-state index contributed by atoms with van der Waals surface area (Å²) in [5.74, 6) is -2.09. The first kappa shape index (κ1) is 22.1. The highest BCUT2D eigenvalue weighted by Gasteiger charge is 2.33. The lowest BCUT2D eigenvalue weighted by atomic mass is 9.92. The van der Waals surface area contributed by atoms with E-state index in [0.717, 1.165) is 10.1 Å². The van der Waals surface area contributed by atoms with Crippen molar-refractivity contribution in [3.05, 3.63) is 79.7 Å². The fourth-order valence-corrected chi connectivity index (χ4v) is 3.88. The molecule has 0 fully saturated rings. The zero-order valence-electron chi connectivity index (χ0n) is 16.8. The highest BCUT2D eigenvalue weighted by Crippen LogP contribution is 2.34. The van der Waals surface area contributed by atoms with Crippen molar-refractivity contribution in [1.82, 2.24) is 9.55 Å². The van der Waals surface area contributed by atoms with Crippen LogP contribution in [-0.4, -0.2) is 20.6 Å². The van der Waals surface area contributed by atoms with E-state index in [2.05, 4.69) is 10.3 Å². The Bertz CT molecular complexity index is 1110. The van der Waals surface area contributed by atoms with E-state index in [-0.39, 0.29) is 17.5 Å². The number of nitrogens with zero attached hydrogens (tertiary/aromatic N) is 1. The maximum Gasteiger partial charge on any atom is 0.329 e. The van der Waals surface area contributed by atoms with Gasteiger partial charge < -0.3 is 15.4 Å². The number of hydrogen-bond donors (Lipinski definition) is 3. The maximum absolute atomic E-state index is 14.3. The summed E-state index contributed by atoms with van der Waals surface area (Å²) in [5.41, 5.74) is 0.567. The summed E-state index contributed by atoms with van der Waals surface area (Å²) in [6.07, 6.45) is 0. The Kier molecular flexibility index (Phi) is 6.64. The number of amides is 1. The number of imidazole rings is 1. The van der Waals surface area contributed by atoms with Crippen LogP contribution in [-0.2, 0) is 4.79 Å². The molecule has 3 aromatic rings. The van der Waals surface area contributed by atoms with Gasteiger partial charge in [-0.1, -0.05) is 51.1 Å². The molecule has 0 saturated carbocycles. The molecular formula is C22H23FIN3O3. The second kappa shape index (κ2) is 9.03. The lowest BCUT2D eigenvalue weighted by molar-refractivity contribution is -0.120. The van der Waals surface area contributed by atoms with Gasteiger partial charge in [-0.3, -0.25) is 4.79 Å². The lowest BCUT2D eigenvalue weighted by Gasteiger charge is -2.25. The van der Waals surface area contributed by atoms with Crippen LogP contribution >= 0.6 is 22.6 Å². The third-order valence-electron chi connectivity index (χ3n) is 5.04. The smallest absolute Gasteiger partial charge is 0.329 e. The van der Waals surface area contributed by atoms with E-state index in [0.29, 0.717) is 9.26 Å². The minimum atomic E-state index is -1.10. The zero-order chi connectivity index (χ0) is 22.0. The first-order chi connectivity index (χ1) is 14.2. The molecule has 0 saturated heterocycles. The number of H-pyrrole nitrogens is 1. The van der Waals surface area contributed by atoms with Crippen LogP contribution in [0.4, 0.5) is 10.1 Å². The molecule has 1 heterocycles. The summed E-state index contributed by atoms with van der Waals surface area (Å²) in [4.78, 5) is 28.6. The standard InChI is InChI=1S/C22H23FIN3O3/c1-12(2)18-21(29)27(22(30)26-18)19(13(3)14-7-5-4-6-8-14)20(28)25-17-10-9-15(24)11-16(17)23/h4-13,19,29H,1-3H3,(H,25,28)(H,26,30)/t13-,19-/m0/s1. The fourth-order valence-electron chi connectivity index (χ4n) is 3.42. The third kappa shape index (κ3) is 4.43. The van der Waals surface area contributed by atoms with Crippen molar-refractivity contribution in [2.75, 3.05) is 5.32 Å². The molecule has 0 aliphatic carbocycles. The van der Waals surface area contributed by atoms with Gasteiger partial charge in [-0.05, 0) is 52.3 Å². The van der Waals surface area contributed by atoms with Crippen LogP contribution in [0.2, 0.25) is 0 Å². The Morgan fingerprint density at radius 1 is 1.17 bits per heavy atom. The number of aromatic hydroxyl groups is 1. The fraction of sp³-hybridized carbons (Fsp3) is 0.273. The molecule has 1 aromatic heterocycles. The van der Waals surface area contributed by atoms with E-state index in [4.69, 9.17) is 0 Å². The number of anilines is 1. The van der Waals surface area contributed by atoms with E-state index < -0.39 is 29.4 Å². The molecule has 3 rings (SSSR count). The molecule has 0 aliphatic heterocycles. The summed E-state index contributed by atoms with van der Waals surface area (Å²) < 4.78 is 16.1. The molecule has 0 aliphatic rings. The van der Waals surface area contributed by atoms with Gasteiger partial charge in [-0.2, -0.15) is 0 Å². The molecule has 0 spiro atoms. The molecule has 3 N–H and O–H groups in total. The first-order valence-corrected chi connectivity index (χ1v) is 10.6. The van der Waals surface area contributed by atoms with Gasteiger partial charge in [0.15, 0.2) is 0 Å². The van der Waals surface area contributed by atoms with Crippen molar-refractivity contribution < 1.29 is 14.3 Å². The van der Waals surface area contributed by atoms with Crippen LogP contribution in [0.1, 0.15) is 49.9 Å². The van der Waals surface area contributed by atoms with Gasteiger partial charge in [0.05, 0.1) is 11.4 Å². The van der Waals surface area contributed by atoms with Crippen molar-refractivity contribution in [2.24, 2.45) is 0 Å². The summed E-state index contributed by atoms with van der Waals surface area (Å²) in [6, 6.07) is 12.6. The molecule has 0 bridgehead atoms. The molecule has 0 radical (unpaired) electrons. The Labute approximate surface area is 187 Å². The lowest BCUT2D eigenvalue weighted by Crippen LogP contribution is -2.35. The van der Waals surface area contributed by atoms with Crippen LogP contribution in [0.3, 0.4) is 0 Å². The van der Waals surface area contributed by atoms with E-state index in [1.54, 1.807) is 13.0 Å². The van der Waals surface area contributed by atoms with Crippen molar-refractivity contribution >= 4 is 34.2 Å². The largest absolute Gasteiger partial charge is 0.493 e. The Morgan fingerprint density at radius 2 is 1.83 bits per heavy atom. The molecule has 30 heavy (non-hydrogen) atoms.